The summed E-state index contributed by atoms with van der Waals surface area (Å²) in [4.78, 5) is 33.6. The monoisotopic (exact) mass is 470 g/mol. The summed E-state index contributed by atoms with van der Waals surface area (Å²) < 4.78 is 31.6. The minimum Gasteiger partial charge on any atom is -0.462 e. The quantitative estimate of drug-likeness (QED) is 0.138. The summed E-state index contributed by atoms with van der Waals surface area (Å²) in [6.07, 6.45) is 5.22. The maximum atomic E-state index is 12.0. The van der Waals surface area contributed by atoms with E-state index in [0.29, 0.717) is 12.8 Å². The van der Waals surface area contributed by atoms with Gasteiger partial charge in [-0.15, -0.1) is 0 Å². The molecule has 11 heteroatoms. The van der Waals surface area contributed by atoms with E-state index in [1.807, 2.05) is 0 Å². The zero-order valence-corrected chi connectivity index (χ0v) is 19.6. The van der Waals surface area contributed by atoms with E-state index in [1.54, 1.807) is 0 Å². The van der Waals surface area contributed by atoms with Crippen molar-refractivity contribution < 1.29 is 47.8 Å². The zero-order valence-electron chi connectivity index (χ0n) is 18.7. The van der Waals surface area contributed by atoms with Crippen molar-refractivity contribution in [3.8, 4) is 0 Å². The third-order valence-corrected chi connectivity index (χ3v) is 5.21. The number of esters is 2. The fraction of sp³-hybridized carbons (Fsp3) is 0.900. The van der Waals surface area contributed by atoms with E-state index in [-0.39, 0.29) is 19.4 Å². The summed E-state index contributed by atoms with van der Waals surface area (Å²) in [7, 11) is -4.56. The van der Waals surface area contributed by atoms with Gasteiger partial charge >= 0.3 is 19.8 Å². The molecule has 0 heterocycles. The topological polar surface area (TPSA) is 149 Å². The lowest BCUT2D eigenvalue weighted by atomic mass is 10.1. The Morgan fingerprint density at radius 1 is 0.839 bits per heavy atom. The summed E-state index contributed by atoms with van der Waals surface area (Å²) in [5.74, 6) is -0.970. The summed E-state index contributed by atoms with van der Waals surface area (Å²) in [5, 5.41) is 17.9. The van der Waals surface area contributed by atoms with Gasteiger partial charge in [0.25, 0.3) is 0 Å². The molecule has 0 bridgehead atoms. The van der Waals surface area contributed by atoms with Gasteiger partial charge in [0.1, 0.15) is 12.7 Å². The molecule has 0 amide bonds. The second-order valence-corrected chi connectivity index (χ2v) is 8.77. The van der Waals surface area contributed by atoms with E-state index in [2.05, 4.69) is 18.4 Å². The molecule has 3 atom stereocenters. The van der Waals surface area contributed by atoms with Crippen LogP contribution in [0.3, 0.4) is 0 Å². The lowest BCUT2D eigenvalue weighted by molar-refractivity contribution is -0.161. The third-order valence-electron chi connectivity index (χ3n) is 4.26. The summed E-state index contributed by atoms with van der Waals surface area (Å²) >= 11 is 0. The SMILES string of the molecule is CCCCCCC(=O)OC[C@H](COP(=O)(O)OC[C@@H](O)CO)OC(=O)CCCCCC. The highest BCUT2D eigenvalue weighted by atomic mass is 31.2. The zero-order chi connectivity index (χ0) is 23.5. The fourth-order valence-corrected chi connectivity index (χ4v) is 3.25. The van der Waals surface area contributed by atoms with Crippen molar-refractivity contribution >= 4 is 19.8 Å². The second kappa shape index (κ2) is 18.5. The van der Waals surface area contributed by atoms with Crippen molar-refractivity contribution in [3.05, 3.63) is 0 Å². The standard InChI is InChI=1S/C20H39O10P/c1-3-5-7-9-11-19(23)27-15-18(30-20(24)12-10-8-6-4-2)16-29-31(25,26)28-14-17(22)13-21/h17-18,21-22H,3-16H2,1-2H3,(H,25,26)/t17-,18+/m0/s1. The van der Waals surface area contributed by atoms with Gasteiger partial charge in [0.05, 0.1) is 19.8 Å². The minimum absolute atomic E-state index is 0.178. The number of hydrogen-bond donors (Lipinski definition) is 3. The Hall–Kier alpha value is -1.03. The third kappa shape index (κ3) is 18.3. The summed E-state index contributed by atoms with van der Waals surface area (Å²) in [6, 6.07) is 0. The van der Waals surface area contributed by atoms with Crippen LogP contribution in [-0.2, 0) is 32.7 Å². The van der Waals surface area contributed by atoms with E-state index in [0.717, 1.165) is 38.5 Å². The van der Waals surface area contributed by atoms with Crippen LogP contribution in [0.15, 0.2) is 0 Å². The molecule has 0 radical (unpaired) electrons. The van der Waals surface area contributed by atoms with Gasteiger partial charge in [-0.2, -0.15) is 0 Å². The van der Waals surface area contributed by atoms with E-state index < -0.39 is 51.8 Å². The number of aliphatic hydroxyl groups is 2. The van der Waals surface area contributed by atoms with Crippen LogP contribution in [0.2, 0.25) is 0 Å². The predicted molar refractivity (Wildman–Crippen MR) is 113 cm³/mol. The van der Waals surface area contributed by atoms with Crippen LogP contribution >= 0.6 is 7.82 Å². The van der Waals surface area contributed by atoms with Gasteiger partial charge in [0.15, 0.2) is 6.10 Å². The molecule has 0 aromatic heterocycles. The van der Waals surface area contributed by atoms with Gasteiger partial charge in [-0.05, 0) is 12.8 Å². The highest BCUT2D eigenvalue weighted by Gasteiger charge is 2.27. The van der Waals surface area contributed by atoms with Gasteiger partial charge in [-0.1, -0.05) is 52.4 Å². The van der Waals surface area contributed by atoms with Crippen LogP contribution in [0, 0.1) is 0 Å². The van der Waals surface area contributed by atoms with E-state index in [4.69, 9.17) is 19.1 Å². The molecule has 0 aliphatic rings. The van der Waals surface area contributed by atoms with Crippen molar-refractivity contribution in [2.24, 2.45) is 0 Å². The molecular formula is C20H39O10P. The normalized spacial score (nSPS) is 15.1. The van der Waals surface area contributed by atoms with Crippen molar-refractivity contribution in [3.63, 3.8) is 0 Å². The average molecular weight is 470 g/mol. The van der Waals surface area contributed by atoms with Crippen LogP contribution in [-0.4, -0.2) is 65.7 Å². The number of hydrogen-bond acceptors (Lipinski definition) is 9. The average Bonchev–Trinajstić information content (AvgIpc) is 2.74. The van der Waals surface area contributed by atoms with Gasteiger partial charge in [-0.3, -0.25) is 18.6 Å². The highest BCUT2D eigenvalue weighted by molar-refractivity contribution is 7.47. The molecular weight excluding hydrogens is 431 g/mol. The predicted octanol–water partition coefficient (Wildman–Crippen LogP) is 2.87. The number of rotatable bonds is 20. The molecule has 0 aromatic carbocycles. The maximum absolute atomic E-state index is 12.0. The molecule has 31 heavy (non-hydrogen) atoms. The van der Waals surface area contributed by atoms with E-state index in [1.165, 1.54) is 0 Å². The largest absolute Gasteiger partial charge is 0.472 e. The van der Waals surface area contributed by atoms with Crippen LogP contribution in [0.4, 0.5) is 0 Å². The Kier molecular flexibility index (Phi) is 17.9. The lowest BCUT2D eigenvalue weighted by Crippen LogP contribution is -2.29. The minimum atomic E-state index is -4.56. The molecule has 1 unspecified atom stereocenters. The molecule has 3 N–H and O–H groups in total. The van der Waals surface area contributed by atoms with Crippen molar-refractivity contribution in [1.29, 1.82) is 0 Å². The van der Waals surface area contributed by atoms with E-state index in [9.17, 15) is 24.2 Å². The number of unbranched alkanes of at least 4 members (excludes halogenated alkanes) is 6. The number of aliphatic hydroxyl groups excluding tert-OH is 2. The van der Waals surface area contributed by atoms with Gasteiger partial charge in [0, 0.05) is 12.8 Å². The maximum Gasteiger partial charge on any atom is 0.472 e. The first kappa shape index (κ1) is 30.0. The molecule has 0 aliphatic heterocycles. The van der Waals surface area contributed by atoms with Crippen LogP contribution < -0.4 is 0 Å². The molecule has 0 saturated carbocycles. The molecule has 0 rings (SSSR count). The number of ether oxygens (including phenoxy) is 2. The van der Waals surface area contributed by atoms with Gasteiger partial charge in [0.2, 0.25) is 0 Å². The molecule has 0 saturated heterocycles. The molecule has 184 valence electrons. The first-order valence-corrected chi connectivity index (χ1v) is 12.5. The Labute approximate surface area is 184 Å². The molecule has 0 aromatic rings. The molecule has 0 spiro atoms. The van der Waals surface area contributed by atoms with Gasteiger partial charge < -0.3 is 24.6 Å². The number of phosphoric ester groups is 1. The smallest absolute Gasteiger partial charge is 0.462 e. The molecule has 0 aliphatic carbocycles. The number of carbonyl (C=O) groups is 2. The number of phosphoric acid groups is 1. The Bertz CT molecular complexity index is 528. The van der Waals surface area contributed by atoms with Crippen LogP contribution in [0.5, 0.6) is 0 Å². The Morgan fingerprint density at radius 2 is 1.39 bits per heavy atom. The second-order valence-electron chi connectivity index (χ2n) is 7.31. The van der Waals surface area contributed by atoms with E-state index >= 15 is 0 Å². The first-order chi connectivity index (χ1) is 14.7. The lowest BCUT2D eigenvalue weighted by Gasteiger charge is -2.20. The fourth-order valence-electron chi connectivity index (χ4n) is 2.46. The molecule has 10 nitrogen and oxygen atoms in total. The van der Waals surface area contributed by atoms with Crippen LogP contribution in [0.1, 0.15) is 78.1 Å². The van der Waals surface area contributed by atoms with Crippen molar-refractivity contribution in [2.75, 3.05) is 26.4 Å². The first-order valence-electron chi connectivity index (χ1n) is 11.0. The van der Waals surface area contributed by atoms with Crippen LogP contribution in [0.25, 0.3) is 0 Å². The van der Waals surface area contributed by atoms with Crippen molar-refractivity contribution in [2.45, 2.75) is 90.3 Å². The molecule has 0 fully saturated rings. The summed E-state index contributed by atoms with van der Waals surface area (Å²) in [5.41, 5.74) is 0. The van der Waals surface area contributed by atoms with Gasteiger partial charge in [-0.25, -0.2) is 4.57 Å². The Balaban J connectivity index is 4.61. The summed E-state index contributed by atoms with van der Waals surface area (Å²) in [6.45, 7) is 2.01. The highest BCUT2D eigenvalue weighted by Crippen LogP contribution is 2.43. The van der Waals surface area contributed by atoms with Crippen molar-refractivity contribution in [1.82, 2.24) is 0 Å². The Morgan fingerprint density at radius 3 is 1.94 bits per heavy atom. The number of carbonyl (C=O) groups excluding carboxylic acids is 2.